The first-order valence-corrected chi connectivity index (χ1v) is 6.32. The van der Waals surface area contributed by atoms with Gasteiger partial charge in [0, 0.05) is 12.1 Å². The molecule has 96 valence electrons. The van der Waals surface area contributed by atoms with Crippen molar-refractivity contribution in [3.05, 3.63) is 28.2 Å². The van der Waals surface area contributed by atoms with Crippen molar-refractivity contribution in [2.45, 2.75) is 6.54 Å². The van der Waals surface area contributed by atoms with Gasteiger partial charge >= 0.3 is 0 Å². The molecule has 0 unspecified atom stereocenters. The molecule has 0 saturated carbocycles. The van der Waals surface area contributed by atoms with Gasteiger partial charge in [-0.15, -0.1) is 0 Å². The zero-order valence-corrected chi connectivity index (χ0v) is 11.5. The second kappa shape index (κ2) is 8.47. The van der Waals surface area contributed by atoms with Gasteiger partial charge in [-0.25, -0.2) is 0 Å². The lowest BCUT2D eigenvalue weighted by Gasteiger charge is -2.13. The molecule has 1 rings (SSSR count). The molecule has 1 aromatic carbocycles. The number of hydrogen-bond acceptors (Lipinski definition) is 4. The lowest BCUT2D eigenvalue weighted by molar-refractivity contribution is 0.0701. The Morgan fingerprint density at radius 2 is 2.12 bits per heavy atom. The van der Waals surface area contributed by atoms with Crippen LogP contribution in [0.2, 0.25) is 0 Å². The van der Waals surface area contributed by atoms with Crippen LogP contribution in [0.3, 0.4) is 0 Å². The number of rotatable bonds is 8. The maximum absolute atomic E-state index is 8.56. The van der Waals surface area contributed by atoms with Crippen molar-refractivity contribution in [3.8, 4) is 5.75 Å². The summed E-state index contributed by atoms with van der Waals surface area (Å²) >= 11 is 3.47. The molecule has 0 amide bonds. The van der Waals surface area contributed by atoms with Crippen molar-refractivity contribution >= 4 is 15.9 Å². The summed E-state index contributed by atoms with van der Waals surface area (Å²) in [4.78, 5) is 0. The molecule has 0 saturated heterocycles. The number of aliphatic hydroxyl groups is 1. The zero-order valence-electron chi connectivity index (χ0n) is 9.91. The summed E-state index contributed by atoms with van der Waals surface area (Å²) in [7, 11) is 1.90. The van der Waals surface area contributed by atoms with Crippen LogP contribution in [0.5, 0.6) is 5.75 Å². The molecule has 0 radical (unpaired) electrons. The van der Waals surface area contributed by atoms with Crippen molar-refractivity contribution < 1.29 is 14.6 Å². The fraction of sp³-hybridized carbons (Fsp3) is 0.500. The molecule has 0 aliphatic carbocycles. The molecule has 1 aromatic rings. The zero-order chi connectivity index (χ0) is 12.5. The Morgan fingerprint density at radius 3 is 2.82 bits per heavy atom. The number of aliphatic hydroxyl groups excluding tert-OH is 1. The fourth-order valence-corrected chi connectivity index (χ4v) is 1.94. The highest BCUT2D eigenvalue weighted by molar-refractivity contribution is 9.10. The summed E-state index contributed by atoms with van der Waals surface area (Å²) in [5.41, 5.74) is 1.10. The average molecular weight is 304 g/mol. The van der Waals surface area contributed by atoms with E-state index in [0.717, 1.165) is 22.3 Å². The Hall–Kier alpha value is -0.620. The van der Waals surface area contributed by atoms with Gasteiger partial charge in [-0.3, -0.25) is 0 Å². The molecule has 0 heterocycles. The van der Waals surface area contributed by atoms with Gasteiger partial charge in [0.25, 0.3) is 0 Å². The van der Waals surface area contributed by atoms with Crippen molar-refractivity contribution in [1.29, 1.82) is 0 Å². The highest BCUT2D eigenvalue weighted by atomic mass is 79.9. The molecule has 0 bridgehead atoms. The van der Waals surface area contributed by atoms with Crippen molar-refractivity contribution in [3.63, 3.8) is 0 Å². The standard InChI is InChI=1S/C12H18BrNO3/c1-14-9-10-3-2-4-11(13)12(10)17-8-7-16-6-5-15/h2-4,14-15H,5-9H2,1H3. The number of hydrogen-bond donors (Lipinski definition) is 2. The predicted octanol–water partition coefficient (Wildman–Crippen LogP) is 1.56. The van der Waals surface area contributed by atoms with Gasteiger partial charge in [0.05, 0.1) is 24.3 Å². The Labute approximate surface area is 110 Å². The maximum Gasteiger partial charge on any atom is 0.138 e. The molecule has 0 aromatic heterocycles. The molecular weight excluding hydrogens is 286 g/mol. The summed E-state index contributed by atoms with van der Waals surface area (Å²) in [6.07, 6.45) is 0. The Kier molecular flexibility index (Phi) is 7.19. The summed E-state index contributed by atoms with van der Waals surface area (Å²) in [5, 5.41) is 11.7. The smallest absolute Gasteiger partial charge is 0.138 e. The highest BCUT2D eigenvalue weighted by Crippen LogP contribution is 2.28. The molecule has 2 N–H and O–H groups in total. The van der Waals surface area contributed by atoms with Crippen molar-refractivity contribution in [1.82, 2.24) is 5.32 Å². The molecule has 17 heavy (non-hydrogen) atoms. The first kappa shape index (κ1) is 14.4. The monoisotopic (exact) mass is 303 g/mol. The van der Waals surface area contributed by atoms with Crippen molar-refractivity contribution in [2.24, 2.45) is 0 Å². The number of para-hydroxylation sites is 1. The van der Waals surface area contributed by atoms with Crippen LogP contribution in [0, 0.1) is 0 Å². The van der Waals surface area contributed by atoms with Gasteiger partial charge in [0.15, 0.2) is 0 Å². The third-order valence-corrected chi connectivity index (χ3v) is 2.75. The van der Waals surface area contributed by atoms with E-state index in [1.807, 2.05) is 25.2 Å². The molecule has 0 aliphatic rings. The minimum absolute atomic E-state index is 0.0417. The Balaban J connectivity index is 2.50. The maximum atomic E-state index is 8.56. The topological polar surface area (TPSA) is 50.7 Å². The number of nitrogens with one attached hydrogen (secondary N) is 1. The Bertz CT molecular complexity index is 334. The summed E-state index contributed by atoms with van der Waals surface area (Å²) in [5.74, 6) is 0.842. The van der Waals surface area contributed by atoms with Crippen LogP contribution in [0.15, 0.2) is 22.7 Å². The SMILES string of the molecule is CNCc1cccc(Br)c1OCCOCCO. The van der Waals surface area contributed by atoms with E-state index in [2.05, 4.69) is 21.2 Å². The van der Waals surface area contributed by atoms with E-state index in [1.54, 1.807) is 0 Å². The van der Waals surface area contributed by atoms with Crippen LogP contribution in [-0.2, 0) is 11.3 Å². The second-order valence-corrected chi connectivity index (χ2v) is 4.30. The van der Waals surface area contributed by atoms with E-state index >= 15 is 0 Å². The molecule has 4 nitrogen and oxygen atoms in total. The molecule has 0 atom stereocenters. The largest absolute Gasteiger partial charge is 0.490 e. The van der Waals surface area contributed by atoms with E-state index in [0.29, 0.717) is 19.8 Å². The van der Waals surface area contributed by atoms with E-state index in [1.165, 1.54) is 0 Å². The quantitative estimate of drug-likeness (QED) is 0.716. The summed E-state index contributed by atoms with van der Waals surface area (Å²) < 4.78 is 11.7. The lowest BCUT2D eigenvalue weighted by Crippen LogP contribution is -2.12. The third kappa shape index (κ3) is 5.04. The average Bonchev–Trinajstić information content (AvgIpc) is 2.32. The minimum Gasteiger partial charge on any atom is -0.490 e. The fourth-order valence-electron chi connectivity index (χ4n) is 1.41. The van der Waals surface area contributed by atoms with E-state index in [9.17, 15) is 0 Å². The van der Waals surface area contributed by atoms with Crippen LogP contribution in [0.1, 0.15) is 5.56 Å². The van der Waals surface area contributed by atoms with Crippen molar-refractivity contribution in [2.75, 3.05) is 33.5 Å². The first-order chi connectivity index (χ1) is 8.29. The van der Waals surface area contributed by atoms with Crippen LogP contribution < -0.4 is 10.1 Å². The third-order valence-electron chi connectivity index (χ3n) is 2.13. The van der Waals surface area contributed by atoms with Gasteiger partial charge in [0.2, 0.25) is 0 Å². The highest BCUT2D eigenvalue weighted by Gasteiger charge is 2.07. The number of halogens is 1. The van der Waals surface area contributed by atoms with Crippen LogP contribution in [0.4, 0.5) is 0 Å². The molecule has 0 fully saturated rings. The molecule has 0 aliphatic heterocycles. The number of ether oxygens (including phenoxy) is 2. The van der Waals surface area contributed by atoms with E-state index < -0.39 is 0 Å². The van der Waals surface area contributed by atoms with Crippen LogP contribution >= 0.6 is 15.9 Å². The van der Waals surface area contributed by atoms with Gasteiger partial charge in [-0.2, -0.15) is 0 Å². The van der Waals surface area contributed by atoms with Gasteiger partial charge in [-0.1, -0.05) is 12.1 Å². The van der Waals surface area contributed by atoms with Gasteiger partial charge in [-0.05, 0) is 29.0 Å². The second-order valence-electron chi connectivity index (χ2n) is 3.44. The molecular formula is C12H18BrNO3. The molecule has 0 spiro atoms. The van der Waals surface area contributed by atoms with E-state index in [4.69, 9.17) is 14.6 Å². The lowest BCUT2D eigenvalue weighted by atomic mass is 10.2. The first-order valence-electron chi connectivity index (χ1n) is 5.53. The van der Waals surface area contributed by atoms with E-state index in [-0.39, 0.29) is 6.61 Å². The minimum atomic E-state index is 0.0417. The normalized spacial score (nSPS) is 10.5. The Morgan fingerprint density at radius 1 is 1.29 bits per heavy atom. The van der Waals surface area contributed by atoms with Crippen LogP contribution in [-0.4, -0.2) is 38.6 Å². The van der Waals surface area contributed by atoms with Gasteiger partial charge in [0.1, 0.15) is 12.4 Å². The van der Waals surface area contributed by atoms with Crippen LogP contribution in [0.25, 0.3) is 0 Å². The molecule has 5 heteroatoms. The van der Waals surface area contributed by atoms with Gasteiger partial charge < -0.3 is 19.9 Å². The summed E-state index contributed by atoms with van der Waals surface area (Å²) in [6, 6.07) is 5.94. The predicted molar refractivity (Wildman–Crippen MR) is 70.3 cm³/mol. The summed E-state index contributed by atoms with van der Waals surface area (Å²) in [6.45, 7) is 2.09. The number of benzene rings is 1.